The Morgan fingerprint density at radius 3 is 2.89 bits per heavy atom. The topological polar surface area (TPSA) is 29.5 Å². The molecule has 0 aromatic heterocycles. The van der Waals surface area contributed by atoms with Crippen LogP contribution < -0.4 is 0 Å². The average molecular weight is 238 g/mol. The summed E-state index contributed by atoms with van der Waals surface area (Å²) in [4.78, 5) is 0. The normalized spacial score (nSPS) is 17.9. The number of hydrogen-bond acceptors (Lipinski definition) is 2. The Morgan fingerprint density at radius 2 is 2.44 bits per heavy atom. The van der Waals surface area contributed by atoms with Crippen LogP contribution in [0.15, 0.2) is 22.0 Å². The molecule has 0 aliphatic carbocycles. The molecule has 1 heterocycles. The summed E-state index contributed by atoms with van der Waals surface area (Å²) in [5.74, 6) is 0.290. The van der Waals surface area contributed by atoms with Crippen LogP contribution in [-0.4, -0.2) is 15.9 Å². The Hall–Kier alpha value is -0.160. The van der Waals surface area contributed by atoms with Crippen LogP contribution in [0.4, 0.5) is 0 Å². The first-order valence-electron chi connectivity index (χ1n) is 2.44. The summed E-state index contributed by atoms with van der Waals surface area (Å²) in [6.45, 7) is 0. The predicted octanol–water partition coefficient (Wildman–Crippen LogP) is 1.70. The van der Waals surface area contributed by atoms with Gasteiger partial charge in [0.25, 0.3) is 0 Å². The number of aliphatic hydroxyl groups is 1. The maximum absolute atomic E-state index is 8.90. The van der Waals surface area contributed by atoms with Gasteiger partial charge in [-0.3, -0.25) is 0 Å². The van der Waals surface area contributed by atoms with Crippen LogP contribution in [0.2, 0.25) is 0 Å². The van der Waals surface area contributed by atoms with Crippen LogP contribution in [0.25, 0.3) is 0 Å². The minimum Gasteiger partial charge on any atom is -0.508 e. The van der Waals surface area contributed by atoms with E-state index in [0.717, 1.165) is 3.69 Å². The lowest BCUT2D eigenvalue weighted by atomic mass is 10.4. The molecule has 9 heavy (non-hydrogen) atoms. The van der Waals surface area contributed by atoms with Crippen molar-refractivity contribution in [2.24, 2.45) is 0 Å². The van der Waals surface area contributed by atoms with Crippen molar-refractivity contribution in [3.63, 3.8) is 0 Å². The van der Waals surface area contributed by atoms with Gasteiger partial charge in [0.15, 0.2) is 0 Å². The maximum atomic E-state index is 8.90. The molecule has 0 atom stereocenters. The van der Waals surface area contributed by atoms with Crippen molar-refractivity contribution in [1.29, 1.82) is 0 Å². The summed E-state index contributed by atoms with van der Waals surface area (Å²) in [7, 11) is 1.62. The molecule has 0 fully saturated rings. The fraction of sp³-hybridized carbons (Fsp3) is 0.167. The summed E-state index contributed by atoms with van der Waals surface area (Å²) >= 11 is -0.101. The van der Waals surface area contributed by atoms with Crippen molar-refractivity contribution < 1.29 is 9.84 Å². The van der Waals surface area contributed by atoms with E-state index in [-0.39, 0.29) is 26.5 Å². The average Bonchev–Trinajstić information content (AvgIpc) is 1.88. The Balaban J connectivity index is 2.78. The highest BCUT2D eigenvalue weighted by Gasteiger charge is 1.95. The minimum atomic E-state index is -0.101. The molecule has 0 saturated heterocycles. The minimum absolute atomic E-state index is 0.101. The zero-order valence-corrected chi connectivity index (χ0v) is 7.12. The molecule has 2 nitrogen and oxygen atoms in total. The Morgan fingerprint density at radius 1 is 1.67 bits per heavy atom. The monoisotopic (exact) mass is 238 g/mol. The van der Waals surface area contributed by atoms with Gasteiger partial charge in [-0.2, -0.15) is 0 Å². The number of aliphatic hydroxyl groups excluding tert-OH is 1. The van der Waals surface area contributed by atoms with Gasteiger partial charge in [-0.15, -0.1) is 0 Å². The zero-order valence-electron chi connectivity index (χ0n) is 4.97. The third-order valence-electron chi connectivity index (χ3n) is 0.861. The molecular weight excluding hydrogens is 231 g/mol. The number of halogens is 1. The van der Waals surface area contributed by atoms with Gasteiger partial charge in [-0.25, -0.2) is 0 Å². The summed E-state index contributed by atoms with van der Waals surface area (Å²) in [6, 6.07) is 0. The van der Waals surface area contributed by atoms with E-state index in [1.165, 1.54) is 0 Å². The largest absolute Gasteiger partial charge is 0.508 e. The van der Waals surface area contributed by atoms with E-state index < -0.39 is 0 Å². The molecule has 0 unspecified atom stereocenters. The highest BCUT2D eigenvalue weighted by atomic mass is 127. The summed E-state index contributed by atoms with van der Waals surface area (Å²) in [6.07, 6.45) is 3.36. The summed E-state index contributed by atoms with van der Waals surface area (Å²) in [5, 5.41) is 8.90. The summed E-state index contributed by atoms with van der Waals surface area (Å²) < 4.78 is 7.82. The first-order valence-corrected chi connectivity index (χ1v) is 4.77. The molecule has 0 aromatic carbocycles. The van der Waals surface area contributed by atoms with Crippen molar-refractivity contribution in [3.8, 4) is 0 Å². The lowest BCUT2D eigenvalue weighted by Gasteiger charge is -1.99. The number of rotatable bonds is 1. The quantitative estimate of drug-likeness (QED) is 0.704. The van der Waals surface area contributed by atoms with Gasteiger partial charge in [0.2, 0.25) is 0 Å². The van der Waals surface area contributed by atoms with E-state index in [9.17, 15) is 0 Å². The van der Waals surface area contributed by atoms with Crippen LogP contribution in [0, 0.1) is 0 Å². The molecule has 0 aromatic rings. The molecule has 1 aliphatic rings. The van der Waals surface area contributed by atoms with E-state index >= 15 is 0 Å². The molecule has 0 spiro atoms. The van der Waals surface area contributed by atoms with Crippen molar-refractivity contribution >= 4 is 24.4 Å². The lowest BCUT2D eigenvalue weighted by molar-refractivity contribution is 0.408. The summed E-state index contributed by atoms with van der Waals surface area (Å²) in [5.41, 5.74) is 0. The van der Waals surface area contributed by atoms with Crippen LogP contribution in [0.1, 0.15) is 0 Å². The SMILES string of the molecule is COC1=IC=CC(O)=C1. The first kappa shape index (κ1) is 6.95. The van der Waals surface area contributed by atoms with E-state index in [2.05, 4.69) is 0 Å². The van der Waals surface area contributed by atoms with Gasteiger partial charge in [-0.1, -0.05) is 20.7 Å². The van der Waals surface area contributed by atoms with E-state index in [1.807, 2.05) is 4.08 Å². The molecule has 0 radical (unpaired) electrons. The second kappa shape index (κ2) is 3.12. The smallest absolute Gasteiger partial charge is 0.119 e. The Labute approximate surface area is 63.6 Å². The number of hydrogen-bond donors (Lipinski definition) is 1. The highest BCUT2D eigenvalue weighted by Crippen LogP contribution is 2.12. The molecule has 1 rings (SSSR count). The van der Waals surface area contributed by atoms with Gasteiger partial charge < -0.3 is 9.84 Å². The van der Waals surface area contributed by atoms with E-state index in [0.29, 0.717) is 0 Å². The standard InChI is InChI=1S/C6H7IO2/c1-9-6-4-5(8)2-3-7-6/h2-4,8H,1H3. The highest BCUT2D eigenvalue weighted by molar-refractivity contribution is 14.2. The predicted molar refractivity (Wildman–Crippen MR) is 45.9 cm³/mol. The van der Waals surface area contributed by atoms with Crippen LogP contribution in [0.5, 0.6) is 0 Å². The number of methoxy groups -OCH3 is 1. The van der Waals surface area contributed by atoms with Crippen molar-refractivity contribution in [1.82, 2.24) is 0 Å². The van der Waals surface area contributed by atoms with E-state index in [4.69, 9.17) is 9.84 Å². The van der Waals surface area contributed by atoms with Crippen molar-refractivity contribution in [3.05, 3.63) is 22.0 Å². The Kier molecular flexibility index (Phi) is 2.41. The molecule has 0 bridgehead atoms. The third-order valence-corrected chi connectivity index (χ3v) is 2.95. The number of ether oxygens (including phenoxy) is 1. The molecule has 0 amide bonds. The molecule has 50 valence electrons. The van der Waals surface area contributed by atoms with Gasteiger partial charge >= 0.3 is 0 Å². The second-order valence-corrected chi connectivity index (χ2v) is 3.88. The Bertz CT molecular complexity index is 191. The number of allylic oxidation sites excluding steroid dienone is 1. The van der Waals surface area contributed by atoms with Crippen LogP contribution >= 0.6 is 20.7 Å². The van der Waals surface area contributed by atoms with Gasteiger partial charge in [0, 0.05) is 13.2 Å². The van der Waals surface area contributed by atoms with Gasteiger partial charge in [0.05, 0.1) is 0 Å². The first-order chi connectivity index (χ1) is 4.33. The lowest BCUT2D eigenvalue weighted by Crippen LogP contribution is -1.95. The fourth-order valence-corrected chi connectivity index (χ4v) is 2.11. The second-order valence-electron chi connectivity index (χ2n) is 1.48. The van der Waals surface area contributed by atoms with Crippen LogP contribution in [0.3, 0.4) is 0 Å². The van der Waals surface area contributed by atoms with Crippen molar-refractivity contribution in [2.75, 3.05) is 7.11 Å². The van der Waals surface area contributed by atoms with E-state index in [1.54, 1.807) is 19.3 Å². The maximum Gasteiger partial charge on any atom is 0.119 e. The third kappa shape index (κ3) is 1.91. The van der Waals surface area contributed by atoms with Crippen LogP contribution in [-0.2, 0) is 4.74 Å². The molecule has 0 saturated carbocycles. The fourth-order valence-electron chi connectivity index (χ4n) is 0.457. The molecule has 1 aliphatic heterocycles. The molecular formula is C6H7IO2. The molecule has 3 heteroatoms. The molecule has 1 N–H and O–H groups in total. The van der Waals surface area contributed by atoms with Gasteiger partial charge in [0.1, 0.15) is 9.45 Å². The zero-order chi connectivity index (χ0) is 6.69. The van der Waals surface area contributed by atoms with Gasteiger partial charge in [-0.05, 0) is 10.2 Å². The van der Waals surface area contributed by atoms with Crippen molar-refractivity contribution in [2.45, 2.75) is 0 Å².